The maximum absolute atomic E-state index is 12.6. The van der Waals surface area contributed by atoms with E-state index in [-0.39, 0.29) is 5.91 Å². The fourth-order valence-corrected chi connectivity index (χ4v) is 5.36. The first-order chi connectivity index (χ1) is 17.0. The Hall–Kier alpha value is -2.12. The van der Waals surface area contributed by atoms with E-state index in [1.807, 2.05) is 18.5 Å². The first kappa shape index (κ1) is 27.5. The molecule has 1 amide bonds. The molecule has 1 fully saturated rings. The van der Waals surface area contributed by atoms with Crippen molar-refractivity contribution in [2.24, 2.45) is 0 Å². The Morgan fingerprint density at radius 3 is 2.17 bits per heavy atom. The van der Waals surface area contributed by atoms with Crippen molar-refractivity contribution in [2.45, 2.75) is 65.2 Å². The van der Waals surface area contributed by atoms with E-state index in [4.69, 9.17) is 0 Å². The number of carbonyl (C=O) groups excluding carboxylic acids is 1. The predicted octanol–water partition coefficient (Wildman–Crippen LogP) is 5.78. The summed E-state index contributed by atoms with van der Waals surface area (Å²) < 4.78 is 0. The first-order valence-corrected chi connectivity index (χ1v) is 14.4. The summed E-state index contributed by atoms with van der Waals surface area (Å²) in [6.45, 7) is 14.1. The van der Waals surface area contributed by atoms with Gasteiger partial charge >= 0.3 is 0 Å². The van der Waals surface area contributed by atoms with Gasteiger partial charge in [0.1, 0.15) is 0 Å². The van der Waals surface area contributed by atoms with E-state index in [0.29, 0.717) is 17.6 Å². The van der Waals surface area contributed by atoms with E-state index in [9.17, 15) is 4.79 Å². The molecule has 1 N–H and O–H groups in total. The van der Waals surface area contributed by atoms with Crippen LogP contribution in [0.25, 0.3) is 0 Å². The predicted molar refractivity (Wildman–Crippen MR) is 150 cm³/mol. The lowest BCUT2D eigenvalue weighted by atomic mass is 9.92. The molecule has 2 aromatic rings. The molecular formula is C28H43N5OS. The van der Waals surface area contributed by atoms with Crippen LogP contribution in [0.15, 0.2) is 36.7 Å². The highest BCUT2D eigenvalue weighted by atomic mass is 32.2. The van der Waals surface area contributed by atoms with Crippen molar-refractivity contribution in [2.75, 3.05) is 54.4 Å². The molecule has 6 nitrogen and oxygen atoms in total. The van der Waals surface area contributed by atoms with Crippen molar-refractivity contribution in [3.8, 4) is 0 Å². The third kappa shape index (κ3) is 8.80. The summed E-state index contributed by atoms with van der Waals surface area (Å²) in [6.07, 6.45) is 8.55. The Morgan fingerprint density at radius 1 is 0.914 bits per heavy atom. The zero-order chi connectivity index (χ0) is 25.0. The molecule has 0 atom stereocenters. The normalized spacial score (nSPS) is 14.6. The lowest BCUT2D eigenvalue weighted by Gasteiger charge is -2.34. The summed E-state index contributed by atoms with van der Waals surface area (Å²) in [5, 5.41) is 3.23. The summed E-state index contributed by atoms with van der Waals surface area (Å²) in [5.74, 6) is 3.32. The third-order valence-corrected chi connectivity index (χ3v) is 7.63. The number of hydrogen-bond donors (Lipinski definition) is 1. The van der Waals surface area contributed by atoms with Gasteiger partial charge in [-0.25, -0.2) is 9.97 Å². The molecule has 2 heterocycles. The van der Waals surface area contributed by atoms with E-state index in [1.165, 1.54) is 43.4 Å². The minimum Gasteiger partial charge on any atom is -0.338 e. The Bertz CT molecular complexity index is 871. The Kier molecular flexibility index (Phi) is 11.3. The fourth-order valence-electron chi connectivity index (χ4n) is 4.55. The number of hydrogen-bond acceptors (Lipinski definition) is 6. The van der Waals surface area contributed by atoms with E-state index in [0.717, 1.165) is 43.6 Å². The third-order valence-electron chi connectivity index (χ3n) is 6.59. The molecule has 1 aromatic carbocycles. The van der Waals surface area contributed by atoms with Crippen LogP contribution in [0.3, 0.4) is 0 Å². The van der Waals surface area contributed by atoms with Crippen LogP contribution < -0.4 is 10.2 Å². The molecule has 192 valence electrons. The van der Waals surface area contributed by atoms with Gasteiger partial charge in [0.05, 0.1) is 5.75 Å². The number of carbonyl (C=O) groups is 1. The van der Waals surface area contributed by atoms with Crippen LogP contribution in [0.2, 0.25) is 0 Å². The number of aromatic nitrogens is 2. The summed E-state index contributed by atoms with van der Waals surface area (Å²) in [5.41, 5.74) is 3.48. The average Bonchev–Trinajstić information content (AvgIpc) is 2.86. The van der Waals surface area contributed by atoms with Gasteiger partial charge in [-0.2, -0.15) is 11.8 Å². The van der Waals surface area contributed by atoms with Crippen LogP contribution in [-0.4, -0.2) is 65.0 Å². The molecule has 0 radical (unpaired) electrons. The van der Waals surface area contributed by atoms with Crippen molar-refractivity contribution < 1.29 is 4.79 Å². The minimum atomic E-state index is 0.116. The molecule has 3 rings (SSSR count). The highest BCUT2D eigenvalue weighted by molar-refractivity contribution is 7.99. The number of nitrogens with zero attached hydrogens (tertiary/aromatic N) is 4. The second kappa shape index (κ2) is 14.4. The first-order valence-electron chi connectivity index (χ1n) is 13.2. The largest absolute Gasteiger partial charge is 0.338 e. The van der Waals surface area contributed by atoms with Crippen molar-refractivity contribution in [1.82, 2.24) is 14.9 Å². The Balaban J connectivity index is 1.25. The van der Waals surface area contributed by atoms with Crippen LogP contribution in [0, 0.1) is 0 Å². The number of para-hydroxylation sites is 1. The van der Waals surface area contributed by atoms with Crippen LogP contribution in [0.1, 0.15) is 76.3 Å². The van der Waals surface area contributed by atoms with Gasteiger partial charge in [0.25, 0.3) is 0 Å². The van der Waals surface area contributed by atoms with Gasteiger partial charge in [-0.1, -0.05) is 58.7 Å². The standard InChI is InChI=1S/C28H43N5OS/c1-22(2)24-11-9-12-25(23(3)4)27(24)31-26(34)21-35-20-8-6-5-7-15-32-16-18-33(19-17-32)28-29-13-10-14-30-28/h9-14,22-23H,5-8,15-21H2,1-4H3,(H,31,34). The molecule has 7 heteroatoms. The number of unbranched alkanes of at least 4 members (excludes halogenated alkanes) is 3. The molecule has 35 heavy (non-hydrogen) atoms. The summed E-state index contributed by atoms with van der Waals surface area (Å²) in [6, 6.07) is 8.24. The maximum Gasteiger partial charge on any atom is 0.234 e. The van der Waals surface area contributed by atoms with Gasteiger partial charge in [-0.05, 0) is 54.2 Å². The van der Waals surface area contributed by atoms with Crippen molar-refractivity contribution >= 4 is 29.3 Å². The number of thioether (sulfide) groups is 1. The summed E-state index contributed by atoms with van der Waals surface area (Å²) >= 11 is 1.75. The molecular weight excluding hydrogens is 454 g/mol. The number of piperazine rings is 1. The molecule has 1 aromatic heterocycles. The van der Waals surface area contributed by atoms with Crippen LogP contribution >= 0.6 is 11.8 Å². The molecule has 1 saturated heterocycles. The molecule has 1 aliphatic heterocycles. The van der Waals surface area contributed by atoms with E-state index >= 15 is 0 Å². The topological polar surface area (TPSA) is 61.4 Å². The second-order valence-corrected chi connectivity index (χ2v) is 11.1. The maximum atomic E-state index is 12.6. The number of rotatable bonds is 13. The molecule has 0 aliphatic carbocycles. The highest BCUT2D eigenvalue weighted by Crippen LogP contribution is 2.32. The number of benzene rings is 1. The monoisotopic (exact) mass is 497 g/mol. The van der Waals surface area contributed by atoms with Gasteiger partial charge in [-0.3, -0.25) is 9.69 Å². The number of nitrogens with one attached hydrogen (secondary N) is 1. The Labute approximate surface area is 216 Å². The van der Waals surface area contributed by atoms with Gasteiger partial charge in [0, 0.05) is 44.3 Å². The fraction of sp³-hybridized carbons (Fsp3) is 0.607. The zero-order valence-corrected chi connectivity index (χ0v) is 22.8. The summed E-state index contributed by atoms with van der Waals surface area (Å²) in [4.78, 5) is 26.2. The van der Waals surface area contributed by atoms with Gasteiger partial charge in [0.15, 0.2) is 0 Å². The van der Waals surface area contributed by atoms with Gasteiger partial charge in [-0.15, -0.1) is 0 Å². The van der Waals surface area contributed by atoms with Gasteiger partial charge in [0.2, 0.25) is 11.9 Å². The quantitative estimate of drug-likeness (QED) is 0.354. The van der Waals surface area contributed by atoms with E-state index in [1.54, 1.807) is 11.8 Å². The smallest absolute Gasteiger partial charge is 0.234 e. The lowest BCUT2D eigenvalue weighted by molar-refractivity contribution is -0.113. The molecule has 0 unspecified atom stereocenters. The second-order valence-electron chi connectivity index (χ2n) is 10.0. The Morgan fingerprint density at radius 2 is 1.54 bits per heavy atom. The van der Waals surface area contributed by atoms with Crippen molar-refractivity contribution in [1.29, 1.82) is 0 Å². The number of amides is 1. The SMILES string of the molecule is CC(C)c1cccc(C(C)C)c1NC(=O)CSCCCCCCN1CCN(c2ncccn2)CC1. The highest BCUT2D eigenvalue weighted by Gasteiger charge is 2.18. The lowest BCUT2D eigenvalue weighted by Crippen LogP contribution is -2.47. The summed E-state index contributed by atoms with van der Waals surface area (Å²) in [7, 11) is 0. The molecule has 1 aliphatic rings. The molecule has 0 spiro atoms. The van der Waals surface area contributed by atoms with Gasteiger partial charge < -0.3 is 10.2 Å². The van der Waals surface area contributed by atoms with E-state index < -0.39 is 0 Å². The van der Waals surface area contributed by atoms with E-state index in [2.05, 4.69) is 71.0 Å². The average molecular weight is 498 g/mol. The molecule has 0 bridgehead atoms. The molecule has 0 saturated carbocycles. The minimum absolute atomic E-state index is 0.116. The van der Waals surface area contributed by atoms with Crippen LogP contribution in [-0.2, 0) is 4.79 Å². The zero-order valence-electron chi connectivity index (χ0n) is 22.0. The number of anilines is 2. The van der Waals surface area contributed by atoms with Crippen LogP contribution in [0.4, 0.5) is 11.6 Å². The van der Waals surface area contributed by atoms with Crippen molar-refractivity contribution in [3.63, 3.8) is 0 Å². The van der Waals surface area contributed by atoms with Crippen molar-refractivity contribution in [3.05, 3.63) is 47.8 Å². The van der Waals surface area contributed by atoms with Crippen LogP contribution in [0.5, 0.6) is 0 Å².